The van der Waals surface area contributed by atoms with Crippen LogP contribution in [-0.4, -0.2) is 57.3 Å². The van der Waals surface area contributed by atoms with Gasteiger partial charge in [-0.3, -0.25) is 9.69 Å². The fourth-order valence-electron chi connectivity index (χ4n) is 2.56. The molecule has 6 heteroatoms. The molecule has 2 aliphatic rings. The van der Waals surface area contributed by atoms with E-state index in [0.717, 1.165) is 32.2 Å². The van der Waals surface area contributed by atoms with Gasteiger partial charge in [-0.25, -0.2) is 4.98 Å². The Morgan fingerprint density at radius 1 is 1.28 bits per heavy atom. The minimum atomic E-state index is 0.0499. The van der Waals surface area contributed by atoms with Gasteiger partial charge in [0.1, 0.15) is 5.82 Å². The summed E-state index contributed by atoms with van der Waals surface area (Å²) in [6, 6.07) is 0.783. The van der Waals surface area contributed by atoms with E-state index in [2.05, 4.69) is 14.3 Å². The molecule has 0 bridgehead atoms. The predicted molar refractivity (Wildman–Crippen MR) is 69.8 cm³/mol. The van der Waals surface area contributed by atoms with Crippen molar-refractivity contribution in [2.45, 2.75) is 32.2 Å². The third-order valence-corrected chi connectivity index (χ3v) is 4.70. The zero-order valence-corrected chi connectivity index (χ0v) is 11.4. The topological polar surface area (TPSA) is 49.3 Å². The summed E-state index contributed by atoms with van der Waals surface area (Å²) in [5, 5.41) is 0.532. The number of piperazine rings is 1. The van der Waals surface area contributed by atoms with Gasteiger partial charge < -0.3 is 4.90 Å². The van der Waals surface area contributed by atoms with Crippen LogP contribution in [0.4, 0.5) is 0 Å². The Morgan fingerprint density at radius 3 is 2.50 bits per heavy atom. The standard InChI is InChI=1S/C12H18N4OS/c1-9-13-11(18-14-9)12(17)16-7-5-15(6-8-16)10-3-2-4-10/h10H,2-8H2,1H3. The van der Waals surface area contributed by atoms with Crippen molar-refractivity contribution >= 4 is 17.4 Å². The van der Waals surface area contributed by atoms with E-state index >= 15 is 0 Å². The van der Waals surface area contributed by atoms with Crippen LogP contribution in [0.25, 0.3) is 0 Å². The van der Waals surface area contributed by atoms with Crippen LogP contribution >= 0.6 is 11.5 Å². The summed E-state index contributed by atoms with van der Waals surface area (Å²) in [6.45, 7) is 5.49. The Kier molecular flexibility index (Phi) is 3.30. The molecule has 2 heterocycles. The van der Waals surface area contributed by atoms with Crippen molar-refractivity contribution in [1.82, 2.24) is 19.2 Å². The van der Waals surface area contributed by atoms with Gasteiger partial charge in [0.2, 0.25) is 5.01 Å². The van der Waals surface area contributed by atoms with Gasteiger partial charge in [0.05, 0.1) is 0 Å². The second-order valence-corrected chi connectivity index (χ2v) is 5.81. The first kappa shape index (κ1) is 12.0. The summed E-state index contributed by atoms with van der Waals surface area (Å²) in [4.78, 5) is 20.8. The Morgan fingerprint density at radius 2 is 2.00 bits per heavy atom. The molecule has 1 saturated heterocycles. The number of aryl methyl sites for hydroxylation is 1. The van der Waals surface area contributed by atoms with Crippen LogP contribution in [0.15, 0.2) is 0 Å². The molecule has 0 atom stereocenters. The maximum atomic E-state index is 12.2. The van der Waals surface area contributed by atoms with Crippen molar-refractivity contribution in [3.05, 3.63) is 10.8 Å². The number of aromatic nitrogens is 2. The van der Waals surface area contributed by atoms with E-state index < -0.39 is 0 Å². The molecule has 2 fully saturated rings. The highest BCUT2D eigenvalue weighted by molar-refractivity contribution is 7.07. The van der Waals surface area contributed by atoms with Crippen LogP contribution in [0.5, 0.6) is 0 Å². The number of rotatable bonds is 2. The summed E-state index contributed by atoms with van der Waals surface area (Å²) >= 11 is 1.21. The molecule has 1 aliphatic carbocycles. The molecule has 0 radical (unpaired) electrons. The molecule has 1 amide bonds. The lowest BCUT2D eigenvalue weighted by atomic mass is 9.91. The van der Waals surface area contributed by atoms with Crippen molar-refractivity contribution in [2.24, 2.45) is 0 Å². The maximum absolute atomic E-state index is 12.2. The zero-order valence-electron chi connectivity index (χ0n) is 10.6. The summed E-state index contributed by atoms with van der Waals surface area (Å²) < 4.78 is 4.07. The zero-order chi connectivity index (χ0) is 12.5. The molecule has 0 unspecified atom stereocenters. The highest BCUT2D eigenvalue weighted by Gasteiger charge is 2.30. The number of amides is 1. The van der Waals surface area contributed by atoms with Gasteiger partial charge in [-0.1, -0.05) is 6.42 Å². The van der Waals surface area contributed by atoms with E-state index in [9.17, 15) is 4.79 Å². The normalized spacial score (nSPS) is 21.9. The van der Waals surface area contributed by atoms with E-state index in [1.165, 1.54) is 30.8 Å². The van der Waals surface area contributed by atoms with Gasteiger partial charge in [-0.15, -0.1) is 0 Å². The van der Waals surface area contributed by atoms with Crippen LogP contribution in [0, 0.1) is 6.92 Å². The second-order valence-electron chi connectivity index (χ2n) is 5.06. The molecule has 0 spiro atoms. The first-order valence-corrected chi connectivity index (χ1v) is 7.35. The third kappa shape index (κ3) is 2.27. The summed E-state index contributed by atoms with van der Waals surface area (Å²) in [6.07, 6.45) is 4.04. The lowest BCUT2D eigenvalue weighted by molar-refractivity contribution is 0.0455. The predicted octanol–water partition coefficient (Wildman–Crippen LogP) is 1.16. The van der Waals surface area contributed by atoms with Gasteiger partial charge in [0.15, 0.2) is 0 Å². The van der Waals surface area contributed by atoms with Gasteiger partial charge in [0.25, 0.3) is 5.91 Å². The summed E-state index contributed by atoms with van der Waals surface area (Å²) in [5.74, 6) is 0.741. The molecule has 0 N–H and O–H groups in total. The Labute approximate surface area is 111 Å². The van der Waals surface area contributed by atoms with Gasteiger partial charge in [-0.2, -0.15) is 4.37 Å². The van der Waals surface area contributed by atoms with Crippen LogP contribution in [0.1, 0.15) is 34.9 Å². The molecule has 0 aromatic carbocycles. The number of carbonyl (C=O) groups is 1. The number of carbonyl (C=O) groups excluding carboxylic acids is 1. The average molecular weight is 266 g/mol. The molecule has 1 aromatic heterocycles. The van der Waals surface area contributed by atoms with Crippen LogP contribution in [0.3, 0.4) is 0 Å². The molecule has 1 aliphatic heterocycles. The largest absolute Gasteiger partial charge is 0.334 e. The molecule has 3 rings (SSSR count). The Hall–Kier alpha value is -1.01. The van der Waals surface area contributed by atoms with Crippen LogP contribution < -0.4 is 0 Å². The van der Waals surface area contributed by atoms with Crippen molar-refractivity contribution in [2.75, 3.05) is 26.2 Å². The smallest absolute Gasteiger partial charge is 0.284 e. The SMILES string of the molecule is Cc1nsc(C(=O)N2CCN(C3CCC3)CC2)n1. The monoisotopic (exact) mass is 266 g/mol. The highest BCUT2D eigenvalue weighted by atomic mass is 32.1. The van der Waals surface area contributed by atoms with Crippen molar-refractivity contribution in [3.63, 3.8) is 0 Å². The highest BCUT2D eigenvalue weighted by Crippen LogP contribution is 2.25. The molecule has 1 saturated carbocycles. The molecule has 18 heavy (non-hydrogen) atoms. The first-order chi connectivity index (χ1) is 8.74. The second kappa shape index (κ2) is 4.93. The molecule has 98 valence electrons. The van der Waals surface area contributed by atoms with Gasteiger partial charge in [-0.05, 0) is 31.3 Å². The molecular formula is C12H18N4OS. The number of nitrogens with zero attached hydrogens (tertiary/aromatic N) is 4. The maximum Gasteiger partial charge on any atom is 0.284 e. The molecular weight excluding hydrogens is 248 g/mol. The van der Waals surface area contributed by atoms with E-state index in [0.29, 0.717) is 10.8 Å². The van der Waals surface area contributed by atoms with Crippen LogP contribution in [0.2, 0.25) is 0 Å². The number of hydrogen-bond donors (Lipinski definition) is 0. The Balaban J connectivity index is 1.57. The van der Waals surface area contributed by atoms with Crippen molar-refractivity contribution in [3.8, 4) is 0 Å². The van der Waals surface area contributed by atoms with Crippen molar-refractivity contribution in [1.29, 1.82) is 0 Å². The van der Waals surface area contributed by atoms with Gasteiger partial charge >= 0.3 is 0 Å². The summed E-state index contributed by atoms with van der Waals surface area (Å²) in [7, 11) is 0. The lowest BCUT2D eigenvalue weighted by Crippen LogP contribution is -2.53. The van der Waals surface area contributed by atoms with E-state index in [1.54, 1.807) is 0 Å². The number of hydrogen-bond acceptors (Lipinski definition) is 5. The molecule has 5 nitrogen and oxygen atoms in total. The molecule has 1 aromatic rings. The van der Waals surface area contributed by atoms with Crippen molar-refractivity contribution < 1.29 is 4.79 Å². The van der Waals surface area contributed by atoms with E-state index in [1.807, 2.05) is 11.8 Å². The van der Waals surface area contributed by atoms with Gasteiger partial charge in [0, 0.05) is 32.2 Å². The fourth-order valence-corrected chi connectivity index (χ4v) is 3.20. The Bertz CT molecular complexity index is 435. The van der Waals surface area contributed by atoms with E-state index in [-0.39, 0.29) is 5.91 Å². The summed E-state index contributed by atoms with van der Waals surface area (Å²) in [5.41, 5.74) is 0. The fraction of sp³-hybridized carbons (Fsp3) is 0.750. The average Bonchev–Trinajstić information content (AvgIpc) is 2.74. The van der Waals surface area contributed by atoms with E-state index in [4.69, 9.17) is 0 Å². The first-order valence-electron chi connectivity index (χ1n) is 6.57. The minimum absolute atomic E-state index is 0.0499. The third-order valence-electron chi connectivity index (χ3n) is 3.90. The quantitative estimate of drug-likeness (QED) is 0.806. The van der Waals surface area contributed by atoms with Crippen LogP contribution in [-0.2, 0) is 0 Å². The minimum Gasteiger partial charge on any atom is -0.334 e. The lowest BCUT2D eigenvalue weighted by Gasteiger charge is -2.42.